The largest absolute Gasteiger partial charge is 0.462 e. The van der Waals surface area contributed by atoms with E-state index in [1.165, 1.54) is 218 Å². The van der Waals surface area contributed by atoms with Gasteiger partial charge in [-0.05, 0) is 64.2 Å². The van der Waals surface area contributed by atoms with Crippen molar-refractivity contribution in [3.05, 3.63) is 60.8 Å². The molecule has 1 unspecified atom stereocenters. The first-order chi connectivity index (χ1) is 37.5. The molecule has 1 atom stereocenters. The molecule has 0 aliphatic rings. The number of rotatable bonds is 61. The molecule has 0 aromatic heterocycles. The number of esters is 3. The van der Waals surface area contributed by atoms with Crippen molar-refractivity contribution in [1.29, 1.82) is 0 Å². The van der Waals surface area contributed by atoms with Crippen LogP contribution >= 0.6 is 0 Å². The maximum Gasteiger partial charge on any atom is 0.306 e. The summed E-state index contributed by atoms with van der Waals surface area (Å²) in [6.45, 7) is 6.52. The van der Waals surface area contributed by atoms with E-state index in [1.807, 2.05) is 0 Å². The fraction of sp³-hybridized carbons (Fsp3) is 0.814. The molecule has 76 heavy (non-hydrogen) atoms. The smallest absolute Gasteiger partial charge is 0.306 e. The van der Waals surface area contributed by atoms with Gasteiger partial charge in [0.1, 0.15) is 13.2 Å². The molecule has 0 aliphatic heterocycles. The van der Waals surface area contributed by atoms with Crippen molar-refractivity contribution < 1.29 is 28.6 Å². The van der Waals surface area contributed by atoms with Crippen LogP contribution in [0.5, 0.6) is 0 Å². The van der Waals surface area contributed by atoms with Gasteiger partial charge >= 0.3 is 17.9 Å². The number of allylic oxidation sites excluding steroid dienone is 10. The second-order valence-electron chi connectivity index (χ2n) is 22.4. The Bertz CT molecular complexity index is 1360. The minimum Gasteiger partial charge on any atom is -0.462 e. The van der Waals surface area contributed by atoms with Gasteiger partial charge in [-0.3, -0.25) is 14.4 Å². The Kier molecular flexibility index (Phi) is 62.2. The lowest BCUT2D eigenvalue weighted by Crippen LogP contribution is -2.30. The van der Waals surface area contributed by atoms with E-state index < -0.39 is 6.10 Å². The molecule has 0 amide bonds. The molecule has 0 bridgehead atoms. The third-order valence-electron chi connectivity index (χ3n) is 14.8. The van der Waals surface area contributed by atoms with E-state index in [4.69, 9.17) is 14.2 Å². The third-order valence-corrected chi connectivity index (χ3v) is 14.8. The van der Waals surface area contributed by atoms with Gasteiger partial charge in [0.25, 0.3) is 0 Å². The Hall–Kier alpha value is -2.89. The second kappa shape index (κ2) is 64.6. The van der Waals surface area contributed by atoms with Crippen molar-refractivity contribution in [3.8, 4) is 0 Å². The van der Waals surface area contributed by atoms with Crippen LogP contribution in [0.1, 0.15) is 348 Å². The Morgan fingerprint density at radius 2 is 0.513 bits per heavy atom. The number of unbranched alkanes of at least 4 members (excludes halogenated alkanes) is 40. The quantitative estimate of drug-likeness (QED) is 0.0261. The molecule has 0 rings (SSSR count). The van der Waals surface area contributed by atoms with E-state index in [-0.39, 0.29) is 31.1 Å². The van der Waals surface area contributed by atoms with E-state index in [0.29, 0.717) is 19.3 Å². The Labute approximate surface area is 472 Å². The lowest BCUT2D eigenvalue weighted by atomic mass is 10.0. The molecule has 0 saturated heterocycles. The summed E-state index contributed by atoms with van der Waals surface area (Å²) >= 11 is 0. The number of carbonyl (C=O) groups excluding carboxylic acids is 3. The molecule has 0 saturated carbocycles. The number of hydrogen-bond donors (Lipinski definition) is 0. The predicted molar refractivity (Wildman–Crippen MR) is 330 cm³/mol. The maximum atomic E-state index is 12.9. The third kappa shape index (κ3) is 62.0. The molecule has 442 valence electrons. The van der Waals surface area contributed by atoms with Crippen molar-refractivity contribution in [2.24, 2.45) is 0 Å². The van der Waals surface area contributed by atoms with Crippen LogP contribution in [0.4, 0.5) is 0 Å². The summed E-state index contributed by atoms with van der Waals surface area (Å²) in [6.07, 6.45) is 82.8. The fourth-order valence-corrected chi connectivity index (χ4v) is 9.83. The molecule has 0 heterocycles. The van der Waals surface area contributed by atoms with Crippen molar-refractivity contribution >= 4 is 17.9 Å². The average molecular weight is 1060 g/mol. The molecule has 0 aromatic rings. The van der Waals surface area contributed by atoms with E-state index in [2.05, 4.69) is 81.5 Å². The summed E-state index contributed by atoms with van der Waals surface area (Å²) in [5, 5.41) is 0. The zero-order valence-electron chi connectivity index (χ0n) is 50.8. The molecule has 6 heteroatoms. The molecule has 0 N–H and O–H groups in total. The first kappa shape index (κ1) is 73.1. The highest BCUT2D eigenvalue weighted by atomic mass is 16.6. The number of carbonyl (C=O) groups is 3. The second-order valence-corrected chi connectivity index (χ2v) is 22.4. The highest BCUT2D eigenvalue weighted by Crippen LogP contribution is 2.18. The lowest BCUT2D eigenvalue weighted by Gasteiger charge is -2.18. The number of ether oxygens (including phenoxy) is 3. The van der Waals surface area contributed by atoms with Gasteiger partial charge in [0.15, 0.2) is 6.10 Å². The average Bonchev–Trinajstić information content (AvgIpc) is 3.42. The van der Waals surface area contributed by atoms with Gasteiger partial charge in [-0.1, -0.05) is 326 Å². The molecule has 0 fully saturated rings. The molecule has 0 aromatic carbocycles. The maximum absolute atomic E-state index is 12.9. The highest BCUT2D eigenvalue weighted by Gasteiger charge is 2.19. The molecule has 6 nitrogen and oxygen atoms in total. The van der Waals surface area contributed by atoms with Crippen molar-refractivity contribution in [2.45, 2.75) is 354 Å². The first-order valence-corrected chi connectivity index (χ1v) is 33.3. The first-order valence-electron chi connectivity index (χ1n) is 33.3. The fourth-order valence-electron chi connectivity index (χ4n) is 9.83. The topological polar surface area (TPSA) is 78.9 Å². The molecular weight excluding hydrogens is 937 g/mol. The Morgan fingerprint density at radius 1 is 0.276 bits per heavy atom. The van der Waals surface area contributed by atoms with Gasteiger partial charge in [0.05, 0.1) is 0 Å². The number of hydrogen-bond acceptors (Lipinski definition) is 6. The SMILES string of the molecule is CC/C=C\C/C=C\C/C=C\C/C=C\C/C=C\CCCCCCCCCCCCCC(=O)OCC(COC(=O)CCCCCCCC)OC(=O)CCCCCCCCCCCCCCCCCCCCCCCCCCC. The summed E-state index contributed by atoms with van der Waals surface area (Å²) in [6, 6.07) is 0. The molecule has 0 aliphatic carbocycles. The van der Waals surface area contributed by atoms with E-state index in [9.17, 15) is 14.4 Å². The van der Waals surface area contributed by atoms with Gasteiger partial charge in [-0.15, -0.1) is 0 Å². The van der Waals surface area contributed by atoms with Crippen LogP contribution in [0.25, 0.3) is 0 Å². The summed E-state index contributed by atoms with van der Waals surface area (Å²) in [4.78, 5) is 38.1. The van der Waals surface area contributed by atoms with Crippen LogP contribution in [0.15, 0.2) is 60.8 Å². The Balaban J connectivity index is 4.04. The summed E-state index contributed by atoms with van der Waals surface area (Å²) in [7, 11) is 0. The van der Waals surface area contributed by atoms with Gasteiger partial charge < -0.3 is 14.2 Å². The minimum absolute atomic E-state index is 0.0712. The van der Waals surface area contributed by atoms with E-state index >= 15 is 0 Å². The van der Waals surface area contributed by atoms with Crippen LogP contribution in [0.3, 0.4) is 0 Å². The van der Waals surface area contributed by atoms with Crippen LogP contribution in [0, 0.1) is 0 Å². The molecule has 0 radical (unpaired) electrons. The summed E-state index contributed by atoms with van der Waals surface area (Å²) < 4.78 is 16.8. The van der Waals surface area contributed by atoms with Crippen molar-refractivity contribution in [3.63, 3.8) is 0 Å². The van der Waals surface area contributed by atoms with Crippen LogP contribution in [-0.2, 0) is 28.6 Å². The zero-order valence-corrected chi connectivity index (χ0v) is 50.8. The standard InChI is InChI=1S/C70H126O6/c1-4-7-10-13-16-18-20-22-24-26-28-30-32-34-35-37-38-40-42-44-46-48-50-52-54-57-60-63-69(72)75-66-67(65-74-68(71)62-59-56-15-12-9-6-3)76-70(73)64-61-58-55-53-51-49-47-45-43-41-39-36-33-31-29-27-25-23-21-19-17-14-11-8-5-2/h7,10,16,18,22,24,28,30,34-35,67H,4-6,8-9,11-15,17,19-21,23,25-27,29,31-33,36-66H2,1-3H3/b10-7-,18-16-,24-22-,30-28-,35-34-. The van der Waals surface area contributed by atoms with Gasteiger partial charge in [-0.25, -0.2) is 0 Å². The minimum atomic E-state index is -0.770. The predicted octanol–water partition coefficient (Wildman–Crippen LogP) is 22.7. The normalized spacial score (nSPS) is 12.4. The van der Waals surface area contributed by atoms with Crippen LogP contribution < -0.4 is 0 Å². The zero-order chi connectivity index (χ0) is 55.0. The summed E-state index contributed by atoms with van der Waals surface area (Å²) in [5.74, 6) is -0.864. The van der Waals surface area contributed by atoms with Crippen LogP contribution in [-0.4, -0.2) is 37.2 Å². The summed E-state index contributed by atoms with van der Waals surface area (Å²) in [5.41, 5.74) is 0. The Morgan fingerprint density at radius 3 is 0.803 bits per heavy atom. The van der Waals surface area contributed by atoms with Crippen molar-refractivity contribution in [1.82, 2.24) is 0 Å². The van der Waals surface area contributed by atoms with Crippen LogP contribution in [0.2, 0.25) is 0 Å². The van der Waals surface area contributed by atoms with Gasteiger partial charge in [0.2, 0.25) is 0 Å². The highest BCUT2D eigenvalue weighted by molar-refractivity contribution is 5.71. The lowest BCUT2D eigenvalue weighted by molar-refractivity contribution is -0.167. The van der Waals surface area contributed by atoms with Gasteiger partial charge in [-0.2, -0.15) is 0 Å². The van der Waals surface area contributed by atoms with E-state index in [1.54, 1.807) is 0 Å². The van der Waals surface area contributed by atoms with E-state index in [0.717, 1.165) is 89.9 Å². The molecule has 0 spiro atoms. The van der Waals surface area contributed by atoms with Gasteiger partial charge in [0, 0.05) is 19.3 Å². The van der Waals surface area contributed by atoms with Crippen molar-refractivity contribution in [2.75, 3.05) is 13.2 Å². The molecular formula is C70H126O6. The monoisotopic (exact) mass is 1060 g/mol.